The van der Waals surface area contributed by atoms with Crippen LogP contribution in [0.2, 0.25) is 0 Å². The molecule has 0 amide bonds. The summed E-state index contributed by atoms with van der Waals surface area (Å²) in [7, 11) is 0. The second-order valence-corrected chi connectivity index (χ2v) is 10.9. The van der Waals surface area contributed by atoms with E-state index in [1.165, 1.54) is 167 Å². The molecule has 0 aromatic carbocycles. The smallest absolute Gasteiger partial charge is 0.234 e. The second kappa shape index (κ2) is 23.9. The van der Waals surface area contributed by atoms with E-state index in [0.717, 1.165) is 0 Å². The van der Waals surface area contributed by atoms with Crippen LogP contribution >= 0.6 is 0 Å². The maximum absolute atomic E-state index is 2.60. The molecule has 0 spiro atoms. The summed E-state index contributed by atoms with van der Waals surface area (Å²) in [5.74, 6) is 1.60. The van der Waals surface area contributed by atoms with Crippen molar-refractivity contribution in [3.63, 3.8) is 0 Å². The highest BCUT2D eigenvalue weighted by Crippen LogP contribution is 2.14. The summed E-state index contributed by atoms with van der Waals surface area (Å²) < 4.78 is 5.18. The predicted octanol–water partition coefficient (Wildman–Crippen LogP) is 10.4. The topological polar surface area (TPSA) is 8.81 Å². The normalized spacial score (nSPS) is 11.5. The molecule has 1 aromatic rings. The average molecular weight is 476 g/mol. The van der Waals surface area contributed by atoms with Crippen molar-refractivity contribution < 1.29 is 4.57 Å². The van der Waals surface area contributed by atoms with E-state index in [1.807, 2.05) is 0 Å². The molecule has 0 saturated heterocycles. The Hall–Kier alpha value is -0.790. The zero-order valence-corrected chi connectivity index (χ0v) is 23.9. The van der Waals surface area contributed by atoms with Crippen LogP contribution in [-0.2, 0) is 19.5 Å². The number of unbranched alkanes of at least 4 members (excludes halogenated alkanes) is 20. The van der Waals surface area contributed by atoms with Crippen molar-refractivity contribution in [3.05, 3.63) is 18.2 Å². The van der Waals surface area contributed by atoms with Gasteiger partial charge in [0.1, 0.15) is 12.4 Å². The molecule has 1 rings (SSSR count). The van der Waals surface area contributed by atoms with Crippen LogP contribution in [0.25, 0.3) is 0 Å². The molecule has 0 saturated carbocycles. The molecule has 0 atom stereocenters. The van der Waals surface area contributed by atoms with E-state index in [9.17, 15) is 0 Å². The van der Waals surface area contributed by atoms with Crippen LogP contribution in [0.4, 0.5) is 0 Å². The Morgan fingerprint density at radius 2 is 0.912 bits per heavy atom. The number of aromatic nitrogens is 2. The van der Waals surface area contributed by atoms with E-state index in [2.05, 4.69) is 42.3 Å². The quantitative estimate of drug-likeness (QED) is 0.0930. The van der Waals surface area contributed by atoms with Crippen LogP contribution < -0.4 is 4.57 Å². The molecule has 0 aliphatic heterocycles. The molecule has 1 aromatic heterocycles. The first-order chi connectivity index (χ1) is 16.8. The Balaban J connectivity index is 2.21. The van der Waals surface area contributed by atoms with Crippen LogP contribution in [0.15, 0.2) is 12.4 Å². The van der Waals surface area contributed by atoms with Crippen LogP contribution in [0.1, 0.15) is 174 Å². The SMILES string of the molecule is CCCCCCCCCCCCCCCc1n(CCCCC)cc[n+]1CCCCCCCCC. The van der Waals surface area contributed by atoms with Gasteiger partial charge in [0.05, 0.1) is 13.1 Å². The number of imidazole rings is 1. The van der Waals surface area contributed by atoms with Gasteiger partial charge in [0.15, 0.2) is 0 Å². The van der Waals surface area contributed by atoms with E-state index in [0.29, 0.717) is 0 Å². The first kappa shape index (κ1) is 31.2. The third-order valence-electron chi connectivity index (χ3n) is 7.60. The van der Waals surface area contributed by atoms with Gasteiger partial charge in [-0.05, 0) is 32.1 Å². The van der Waals surface area contributed by atoms with Crippen molar-refractivity contribution in [2.45, 2.75) is 188 Å². The molecule has 2 heteroatoms. The molecule has 34 heavy (non-hydrogen) atoms. The Morgan fingerprint density at radius 1 is 0.500 bits per heavy atom. The number of hydrogen-bond acceptors (Lipinski definition) is 0. The van der Waals surface area contributed by atoms with Crippen LogP contribution in [-0.4, -0.2) is 4.57 Å². The van der Waals surface area contributed by atoms with Gasteiger partial charge < -0.3 is 0 Å². The van der Waals surface area contributed by atoms with Crippen molar-refractivity contribution in [2.75, 3.05) is 0 Å². The lowest BCUT2D eigenvalue weighted by Crippen LogP contribution is -2.37. The van der Waals surface area contributed by atoms with Gasteiger partial charge in [0, 0.05) is 6.42 Å². The van der Waals surface area contributed by atoms with E-state index in [4.69, 9.17) is 0 Å². The molecule has 0 N–H and O–H groups in total. The molecule has 0 radical (unpaired) electrons. The maximum Gasteiger partial charge on any atom is 0.256 e. The summed E-state index contributed by atoms with van der Waals surface area (Å²) in [5.41, 5.74) is 0. The van der Waals surface area contributed by atoms with Crippen molar-refractivity contribution >= 4 is 0 Å². The van der Waals surface area contributed by atoms with Gasteiger partial charge in [0.25, 0.3) is 5.82 Å². The Labute approximate surface area is 215 Å². The van der Waals surface area contributed by atoms with Gasteiger partial charge in [-0.15, -0.1) is 0 Å². The molecule has 2 nitrogen and oxygen atoms in total. The summed E-state index contributed by atoms with van der Waals surface area (Å²) in [6.45, 7) is 9.36. The van der Waals surface area contributed by atoms with Crippen LogP contribution in [0.5, 0.6) is 0 Å². The third-order valence-corrected chi connectivity index (χ3v) is 7.60. The summed E-state index contributed by atoms with van der Waals surface area (Å²) >= 11 is 0. The minimum absolute atomic E-state index is 1.21. The molecular formula is C32H63N2+. The largest absolute Gasteiger partial charge is 0.256 e. The number of nitrogens with zero attached hydrogens (tertiary/aromatic N) is 2. The molecule has 0 unspecified atom stereocenters. The Bertz CT molecular complexity index is 533. The lowest BCUT2D eigenvalue weighted by molar-refractivity contribution is -0.704. The summed E-state index contributed by atoms with van der Waals surface area (Å²) in [5, 5.41) is 0. The first-order valence-electron chi connectivity index (χ1n) is 15.9. The number of rotatable bonds is 26. The fourth-order valence-corrected chi connectivity index (χ4v) is 5.26. The number of aryl methyl sites for hydroxylation is 2. The van der Waals surface area contributed by atoms with Crippen LogP contribution in [0, 0.1) is 0 Å². The van der Waals surface area contributed by atoms with Gasteiger partial charge in [-0.3, -0.25) is 0 Å². The molecular weight excluding hydrogens is 412 g/mol. The fourth-order valence-electron chi connectivity index (χ4n) is 5.26. The molecule has 1 heterocycles. The lowest BCUT2D eigenvalue weighted by atomic mass is 10.0. The zero-order chi connectivity index (χ0) is 24.5. The zero-order valence-electron chi connectivity index (χ0n) is 23.9. The highest BCUT2D eigenvalue weighted by molar-refractivity contribution is 4.84. The van der Waals surface area contributed by atoms with Crippen molar-refractivity contribution in [2.24, 2.45) is 0 Å². The molecule has 0 fully saturated rings. The highest BCUT2D eigenvalue weighted by atomic mass is 15.1. The Morgan fingerprint density at radius 3 is 1.41 bits per heavy atom. The standard InChI is InChI=1S/C32H63N2/c1-4-7-10-12-14-15-16-17-18-19-20-22-24-27-32-33(28-25-9-6-3)30-31-34(32)29-26-23-21-13-11-8-5-2/h30-31H,4-29H2,1-3H3/q+1. The number of hydrogen-bond donors (Lipinski definition) is 0. The summed E-state index contributed by atoms with van der Waals surface area (Å²) in [6, 6.07) is 0. The highest BCUT2D eigenvalue weighted by Gasteiger charge is 2.16. The minimum Gasteiger partial charge on any atom is -0.234 e. The monoisotopic (exact) mass is 475 g/mol. The van der Waals surface area contributed by atoms with E-state index in [-0.39, 0.29) is 0 Å². The second-order valence-electron chi connectivity index (χ2n) is 10.9. The average Bonchev–Trinajstić information content (AvgIpc) is 3.23. The van der Waals surface area contributed by atoms with Crippen molar-refractivity contribution in [1.82, 2.24) is 4.57 Å². The van der Waals surface area contributed by atoms with E-state index >= 15 is 0 Å². The molecule has 200 valence electrons. The van der Waals surface area contributed by atoms with Gasteiger partial charge in [-0.1, -0.05) is 136 Å². The minimum atomic E-state index is 1.21. The first-order valence-corrected chi connectivity index (χ1v) is 15.9. The van der Waals surface area contributed by atoms with Crippen molar-refractivity contribution in [1.29, 1.82) is 0 Å². The molecule has 0 bridgehead atoms. The summed E-state index contributed by atoms with van der Waals surface area (Å²) in [4.78, 5) is 0. The molecule has 0 aliphatic rings. The van der Waals surface area contributed by atoms with Gasteiger partial charge in [0.2, 0.25) is 0 Å². The van der Waals surface area contributed by atoms with Crippen LogP contribution in [0.3, 0.4) is 0 Å². The fraction of sp³-hybridized carbons (Fsp3) is 0.906. The maximum atomic E-state index is 2.60. The summed E-state index contributed by atoms with van der Waals surface area (Å²) in [6.07, 6.45) is 38.5. The van der Waals surface area contributed by atoms with Gasteiger partial charge in [-0.2, -0.15) is 0 Å². The van der Waals surface area contributed by atoms with Gasteiger partial charge >= 0.3 is 0 Å². The Kier molecular flexibility index (Phi) is 22.0. The van der Waals surface area contributed by atoms with E-state index < -0.39 is 0 Å². The lowest BCUT2D eigenvalue weighted by Gasteiger charge is -2.07. The van der Waals surface area contributed by atoms with E-state index in [1.54, 1.807) is 5.82 Å². The predicted molar refractivity (Wildman–Crippen MR) is 152 cm³/mol. The molecule has 0 aliphatic carbocycles. The third kappa shape index (κ3) is 16.8. The van der Waals surface area contributed by atoms with Crippen molar-refractivity contribution in [3.8, 4) is 0 Å². The van der Waals surface area contributed by atoms with Gasteiger partial charge in [-0.25, -0.2) is 9.13 Å².